The van der Waals surface area contributed by atoms with Gasteiger partial charge in [-0.3, -0.25) is 0 Å². The van der Waals surface area contributed by atoms with Crippen LogP contribution in [0, 0.1) is 0 Å². The highest BCUT2D eigenvalue weighted by Gasteiger charge is 2.04. The summed E-state index contributed by atoms with van der Waals surface area (Å²) in [6, 6.07) is 9.48. The van der Waals surface area contributed by atoms with Crippen LogP contribution in [0.2, 0.25) is 0 Å². The van der Waals surface area contributed by atoms with Gasteiger partial charge >= 0.3 is 5.97 Å². The second kappa shape index (κ2) is 4.46. The molecule has 0 aliphatic rings. The molecule has 3 nitrogen and oxygen atoms in total. The molecule has 1 aromatic rings. The molecule has 0 aliphatic carbocycles. The van der Waals surface area contributed by atoms with E-state index in [1.807, 2.05) is 30.3 Å². The first-order chi connectivity index (χ1) is 6.61. The number of carboxylic acid groups (broad SMARTS) is 1. The van der Waals surface area contributed by atoms with Gasteiger partial charge in [-0.1, -0.05) is 18.2 Å². The second-order valence-corrected chi connectivity index (χ2v) is 3.05. The van der Waals surface area contributed by atoms with Crippen molar-refractivity contribution in [1.82, 2.24) is 0 Å². The van der Waals surface area contributed by atoms with Crippen molar-refractivity contribution in [2.45, 2.75) is 13.8 Å². The zero-order valence-electron chi connectivity index (χ0n) is 8.24. The van der Waals surface area contributed by atoms with Crippen LogP contribution in [0.5, 0.6) is 0 Å². The van der Waals surface area contributed by atoms with Crippen molar-refractivity contribution in [2.24, 2.45) is 0 Å². The summed E-state index contributed by atoms with van der Waals surface area (Å²) in [4.78, 5) is 10.6. The summed E-state index contributed by atoms with van der Waals surface area (Å²) in [7, 11) is 0. The van der Waals surface area contributed by atoms with Gasteiger partial charge in [-0.25, -0.2) is 4.79 Å². The molecule has 0 heterocycles. The monoisotopic (exact) mass is 191 g/mol. The van der Waals surface area contributed by atoms with Crippen molar-refractivity contribution < 1.29 is 9.90 Å². The lowest BCUT2D eigenvalue weighted by molar-refractivity contribution is -0.132. The largest absolute Gasteiger partial charge is 0.478 e. The maximum Gasteiger partial charge on any atom is 0.333 e. The van der Waals surface area contributed by atoms with Crippen LogP contribution in [0.15, 0.2) is 41.6 Å². The highest BCUT2D eigenvalue weighted by Crippen LogP contribution is 2.11. The second-order valence-electron chi connectivity index (χ2n) is 3.05. The minimum absolute atomic E-state index is 0.328. The van der Waals surface area contributed by atoms with Crippen LogP contribution in [0.3, 0.4) is 0 Å². The van der Waals surface area contributed by atoms with Crippen molar-refractivity contribution in [3.63, 3.8) is 0 Å². The zero-order valence-corrected chi connectivity index (χ0v) is 8.24. The van der Waals surface area contributed by atoms with Gasteiger partial charge in [0.15, 0.2) is 0 Å². The number of para-hydroxylation sites is 1. The molecule has 0 saturated carbocycles. The Balaban J connectivity index is 2.80. The van der Waals surface area contributed by atoms with E-state index in [0.29, 0.717) is 11.3 Å². The van der Waals surface area contributed by atoms with E-state index in [9.17, 15) is 4.79 Å². The van der Waals surface area contributed by atoms with Crippen LogP contribution in [0.25, 0.3) is 0 Å². The van der Waals surface area contributed by atoms with E-state index in [4.69, 9.17) is 5.11 Å². The number of hydrogen-bond acceptors (Lipinski definition) is 2. The van der Waals surface area contributed by atoms with Crippen molar-refractivity contribution >= 4 is 11.7 Å². The van der Waals surface area contributed by atoms with E-state index in [0.717, 1.165) is 5.69 Å². The Morgan fingerprint density at radius 1 is 1.21 bits per heavy atom. The smallest absolute Gasteiger partial charge is 0.333 e. The molecule has 0 saturated heterocycles. The number of nitrogens with one attached hydrogen (secondary N) is 1. The summed E-state index contributed by atoms with van der Waals surface area (Å²) in [5.74, 6) is -0.897. The standard InChI is InChI=1S/C11H13NO2/c1-8(11(13)14)9(2)12-10-6-4-3-5-7-10/h3-7,12H,1-2H3,(H,13,14). The first kappa shape index (κ1) is 10.3. The molecule has 3 heteroatoms. The third kappa shape index (κ3) is 2.62. The van der Waals surface area contributed by atoms with Gasteiger partial charge in [-0.05, 0) is 26.0 Å². The fourth-order valence-corrected chi connectivity index (χ4v) is 0.992. The molecule has 0 radical (unpaired) electrons. The Morgan fingerprint density at radius 2 is 1.79 bits per heavy atom. The number of carboxylic acids is 1. The Hall–Kier alpha value is -1.77. The summed E-state index contributed by atoms with van der Waals surface area (Å²) in [6.07, 6.45) is 0. The van der Waals surface area contributed by atoms with E-state index >= 15 is 0 Å². The highest BCUT2D eigenvalue weighted by atomic mass is 16.4. The molecular weight excluding hydrogens is 178 g/mol. The molecule has 0 spiro atoms. The molecule has 74 valence electrons. The number of allylic oxidation sites excluding steroid dienone is 1. The summed E-state index contributed by atoms with van der Waals surface area (Å²) in [5.41, 5.74) is 1.88. The van der Waals surface area contributed by atoms with Crippen LogP contribution >= 0.6 is 0 Å². The fraction of sp³-hybridized carbons (Fsp3) is 0.182. The van der Waals surface area contributed by atoms with Crippen LogP contribution < -0.4 is 5.32 Å². The molecule has 0 bridgehead atoms. The Morgan fingerprint density at radius 3 is 2.29 bits per heavy atom. The highest BCUT2D eigenvalue weighted by molar-refractivity contribution is 5.87. The van der Waals surface area contributed by atoms with Crippen molar-refractivity contribution in [2.75, 3.05) is 5.32 Å². The molecule has 0 aliphatic heterocycles. The van der Waals surface area contributed by atoms with Gasteiger partial charge in [0, 0.05) is 11.4 Å². The average Bonchev–Trinajstić information content (AvgIpc) is 2.18. The van der Waals surface area contributed by atoms with Crippen LogP contribution in [0.1, 0.15) is 13.8 Å². The third-order valence-electron chi connectivity index (χ3n) is 1.99. The lowest BCUT2D eigenvalue weighted by Gasteiger charge is -2.07. The van der Waals surface area contributed by atoms with Gasteiger partial charge < -0.3 is 10.4 Å². The van der Waals surface area contributed by atoms with Crippen molar-refractivity contribution in [1.29, 1.82) is 0 Å². The quantitative estimate of drug-likeness (QED) is 0.721. The summed E-state index contributed by atoms with van der Waals surface area (Å²) in [5, 5.41) is 11.8. The summed E-state index contributed by atoms with van der Waals surface area (Å²) >= 11 is 0. The number of aliphatic carboxylic acids is 1. The molecule has 1 aromatic carbocycles. The van der Waals surface area contributed by atoms with E-state index in [2.05, 4.69) is 5.32 Å². The topological polar surface area (TPSA) is 49.3 Å². The molecular formula is C11H13NO2. The van der Waals surface area contributed by atoms with E-state index in [1.165, 1.54) is 0 Å². The minimum Gasteiger partial charge on any atom is -0.478 e. The summed E-state index contributed by atoms with van der Waals surface area (Å²) < 4.78 is 0. The minimum atomic E-state index is -0.897. The van der Waals surface area contributed by atoms with Gasteiger partial charge in [-0.2, -0.15) is 0 Å². The van der Waals surface area contributed by atoms with Crippen molar-refractivity contribution in [3.8, 4) is 0 Å². The SMILES string of the molecule is CC(Nc1ccccc1)=C(C)C(=O)O. The number of hydrogen-bond donors (Lipinski definition) is 2. The van der Waals surface area contributed by atoms with Crippen LogP contribution in [-0.4, -0.2) is 11.1 Å². The van der Waals surface area contributed by atoms with Crippen molar-refractivity contribution in [3.05, 3.63) is 41.6 Å². The molecule has 1 rings (SSSR count). The molecule has 0 atom stereocenters. The van der Waals surface area contributed by atoms with E-state index in [1.54, 1.807) is 13.8 Å². The maximum absolute atomic E-state index is 10.6. The molecule has 0 unspecified atom stereocenters. The van der Waals surface area contributed by atoms with Crippen LogP contribution in [-0.2, 0) is 4.79 Å². The number of anilines is 1. The lowest BCUT2D eigenvalue weighted by atomic mass is 10.2. The van der Waals surface area contributed by atoms with Gasteiger partial charge in [0.2, 0.25) is 0 Å². The fourth-order valence-electron chi connectivity index (χ4n) is 0.992. The predicted molar refractivity (Wildman–Crippen MR) is 56.1 cm³/mol. The van der Waals surface area contributed by atoms with Crippen LogP contribution in [0.4, 0.5) is 5.69 Å². The molecule has 0 amide bonds. The van der Waals surface area contributed by atoms with Gasteiger partial charge in [-0.15, -0.1) is 0 Å². The Kier molecular flexibility index (Phi) is 3.29. The number of benzene rings is 1. The molecule has 0 fully saturated rings. The Bertz CT molecular complexity index is 355. The first-order valence-corrected chi connectivity index (χ1v) is 4.34. The number of carbonyl (C=O) groups is 1. The normalized spacial score (nSPS) is 11.9. The zero-order chi connectivity index (χ0) is 10.6. The Labute approximate surface area is 83.1 Å². The number of rotatable bonds is 3. The molecule has 0 aromatic heterocycles. The summed E-state index contributed by atoms with van der Waals surface area (Å²) in [6.45, 7) is 3.32. The van der Waals surface area contributed by atoms with Gasteiger partial charge in [0.05, 0.1) is 5.57 Å². The third-order valence-corrected chi connectivity index (χ3v) is 1.99. The molecule has 14 heavy (non-hydrogen) atoms. The maximum atomic E-state index is 10.6. The van der Waals surface area contributed by atoms with Gasteiger partial charge in [0.25, 0.3) is 0 Å². The predicted octanol–water partition coefficient (Wildman–Crippen LogP) is 2.48. The van der Waals surface area contributed by atoms with E-state index < -0.39 is 5.97 Å². The van der Waals surface area contributed by atoms with E-state index in [-0.39, 0.29) is 0 Å². The van der Waals surface area contributed by atoms with Gasteiger partial charge in [0.1, 0.15) is 0 Å². The first-order valence-electron chi connectivity index (χ1n) is 4.34. The average molecular weight is 191 g/mol. The molecule has 2 N–H and O–H groups in total. The lowest BCUT2D eigenvalue weighted by Crippen LogP contribution is -2.05.